The molecule has 9 heteroatoms. The fraction of sp³-hybridized carbons (Fsp3) is 0.278. The highest BCUT2D eigenvalue weighted by atomic mass is 35.5. The topological polar surface area (TPSA) is 84.9 Å². The van der Waals surface area contributed by atoms with E-state index in [1.807, 2.05) is 0 Å². The molecule has 27 heavy (non-hydrogen) atoms. The van der Waals surface area contributed by atoms with Crippen LogP contribution in [-0.2, 0) is 14.8 Å². The van der Waals surface area contributed by atoms with E-state index >= 15 is 0 Å². The lowest BCUT2D eigenvalue weighted by atomic mass is 10.2. The van der Waals surface area contributed by atoms with Crippen molar-refractivity contribution in [3.63, 3.8) is 0 Å². The van der Waals surface area contributed by atoms with Gasteiger partial charge < -0.3 is 14.8 Å². The average Bonchev–Trinajstić information content (AvgIpc) is 3.11. The van der Waals surface area contributed by atoms with E-state index in [1.165, 1.54) is 6.92 Å². The van der Waals surface area contributed by atoms with Crippen LogP contribution in [0.15, 0.2) is 36.4 Å². The van der Waals surface area contributed by atoms with Gasteiger partial charge in [0, 0.05) is 16.8 Å². The number of rotatable bonds is 6. The first-order chi connectivity index (χ1) is 12.8. The smallest absolute Gasteiger partial charge is 0.245 e. The molecule has 0 atom stereocenters. The highest BCUT2D eigenvalue weighted by Gasteiger charge is 2.26. The summed E-state index contributed by atoms with van der Waals surface area (Å²) in [6, 6.07) is 9.88. The first kappa shape index (κ1) is 19.3. The largest absolute Gasteiger partial charge is 0.454 e. The Morgan fingerprint density at radius 3 is 2.70 bits per heavy atom. The summed E-state index contributed by atoms with van der Waals surface area (Å²) in [7, 11) is -3.69. The van der Waals surface area contributed by atoms with Gasteiger partial charge in [-0.1, -0.05) is 17.7 Å². The van der Waals surface area contributed by atoms with Crippen molar-refractivity contribution >= 4 is 38.9 Å². The molecule has 0 unspecified atom stereocenters. The molecule has 0 spiro atoms. The number of fused-ring (bicyclic) bond motifs is 1. The number of nitrogens with zero attached hydrogens (tertiary/aromatic N) is 1. The molecular weight excluding hydrogens is 392 g/mol. The number of amides is 1. The van der Waals surface area contributed by atoms with Gasteiger partial charge in [0.15, 0.2) is 11.5 Å². The molecule has 1 N–H and O–H groups in total. The maximum atomic E-state index is 12.6. The SMILES string of the molecule is CCS(=O)(=O)N(CC(=O)Nc1cccc(Cl)c1C)c1ccc2c(c1)OCO2. The van der Waals surface area contributed by atoms with Gasteiger partial charge in [-0.2, -0.15) is 0 Å². The van der Waals surface area contributed by atoms with Crippen molar-refractivity contribution < 1.29 is 22.7 Å². The second-order valence-electron chi connectivity index (χ2n) is 5.91. The lowest BCUT2D eigenvalue weighted by molar-refractivity contribution is -0.114. The third kappa shape index (κ3) is 4.12. The molecule has 0 aromatic heterocycles. The fourth-order valence-electron chi connectivity index (χ4n) is 2.61. The van der Waals surface area contributed by atoms with Gasteiger partial charge in [0.25, 0.3) is 0 Å². The number of halogens is 1. The van der Waals surface area contributed by atoms with Crippen LogP contribution in [-0.4, -0.2) is 33.4 Å². The summed E-state index contributed by atoms with van der Waals surface area (Å²) in [5.41, 5.74) is 1.58. The van der Waals surface area contributed by atoms with Crippen molar-refractivity contribution in [1.29, 1.82) is 0 Å². The van der Waals surface area contributed by atoms with Gasteiger partial charge in [-0.3, -0.25) is 9.10 Å². The third-order valence-corrected chi connectivity index (χ3v) is 6.32. The number of hydrogen-bond donors (Lipinski definition) is 1. The minimum atomic E-state index is -3.69. The van der Waals surface area contributed by atoms with E-state index in [-0.39, 0.29) is 19.1 Å². The molecule has 144 valence electrons. The predicted octanol–water partition coefficient (Wildman–Crippen LogP) is 3.17. The molecule has 0 radical (unpaired) electrons. The fourth-order valence-corrected chi connectivity index (χ4v) is 3.84. The van der Waals surface area contributed by atoms with Crippen LogP contribution in [0.5, 0.6) is 11.5 Å². The van der Waals surface area contributed by atoms with Crippen LogP contribution in [0.1, 0.15) is 12.5 Å². The molecule has 1 amide bonds. The zero-order valence-corrected chi connectivity index (χ0v) is 16.4. The van der Waals surface area contributed by atoms with Gasteiger partial charge in [-0.15, -0.1) is 0 Å². The first-order valence-electron chi connectivity index (χ1n) is 8.27. The van der Waals surface area contributed by atoms with Crippen molar-refractivity contribution in [3.8, 4) is 11.5 Å². The van der Waals surface area contributed by atoms with Gasteiger partial charge in [0.2, 0.25) is 22.7 Å². The molecule has 0 aliphatic carbocycles. The molecule has 1 aliphatic rings. The zero-order chi connectivity index (χ0) is 19.6. The quantitative estimate of drug-likeness (QED) is 0.790. The number of anilines is 2. The van der Waals surface area contributed by atoms with Gasteiger partial charge >= 0.3 is 0 Å². The van der Waals surface area contributed by atoms with Crippen LogP contribution in [0, 0.1) is 6.92 Å². The van der Waals surface area contributed by atoms with Gasteiger partial charge in [-0.25, -0.2) is 8.42 Å². The number of carbonyl (C=O) groups is 1. The van der Waals surface area contributed by atoms with E-state index in [0.29, 0.717) is 33.5 Å². The van der Waals surface area contributed by atoms with Gasteiger partial charge in [-0.05, 0) is 43.7 Å². The summed E-state index contributed by atoms with van der Waals surface area (Å²) in [6.07, 6.45) is 0. The van der Waals surface area contributed by atoms with Crippen molar-refractivity contribution in [2.45, 2.75) is 13.8 Å². The highest BCUT2D eigenvalue weighted by molar-refractivity contribution is 7.92. The monoisotopic (exact) mass is 410 g/mol. The van der Waals surface area contributed by atoms with Crippen LogP contribution in [0.25, 0.3) is 0 Å². The van der Waals surface area contributed by atoms with Crippen molar-refractivity contribution in [2.75, 3.05) is 28.7 Å². The molecule has 2 aromatic carbocycles. The molecule has 0 fully saturated rings. The van der Waals surface area contributed by atoms with Gasteiger partial charge in [0.1, 0.15) is 6.54 Å². The molecular formula is C18H19ClN2O5S. The summed E-state index contributed by atoms with van der Waals surface area (Å²) in [6.45, 7) is 3.00. The number of sulfonamides is 1. The number of hydrogen-bond acceptors (Lipinski definition) is 5. The Hall–Kier alpha value is -2.45. The van der Waals surface area contributed by atoms with Crippen molar-refractivity contribution in [1.82, 2.24) is 0 Å². The molecule has 2 aromatic rings. The minimum Gasteiger partial charge on any atom is -0.454 e. The molecule has 3 rings (SSSR count). The van der Waals surface area contributed by atoms with Crippen LogP contribution >= 0.6 is 11.6 Å². The molecule has 0 saturated carbocycles. The summed E-state index contributed by atoms with van der Waals surface area (Å²) in [5, 5.41) is 3.23. The minimum absolute atomic E-state index is 0.0772. The molecule has 7 nitrogen and oxygen atoms in total. The number of ether oxygens (including phenoxy) is 2. The lowest BCUT2D eigenvalue weighted by Crippen LogP contribution is -2.39. The van der Waals surface area contributed by atoms with E-state index in [9.17, 15) is 13.2 Å². The average molecular weight is 411 g/mol. The summed E-state index contributed by atoms with van der Waals surface area (Å²) in [4.78, 5) is 12.5. The Balaban J connectivity index is 1.86. The van der Waals surface area contributed by atoms with Crippen LogP contribution in [0.3, 0.4) is 0 Å². The Morgan fingerprint density at radius 1 is 1.22 bits per heavy atom. The lowest BCUT2D eigenvalue weighted by Gasteiger charge is -2.23. The zero-order valence-electron chi connectivity index (χ0n) is 14.9. The Bertz CT molecular complexity index is 978. The summed E-state index contributed by atoms with van der Waals surface area (Å²) in [5.74, 6) is 0.349. The van der Waals surface area contributed by atoms with Crippen LogP contribution < -0.4 is 19.1 Å². The maximum absolute atomic E-state index is 12.6. The maximum Gasteiger partial charge on any atom is 0.245 e. The van der Waals surface area contributed by atoms with E-state index in [2.05, 4.69) is 5.32 Å². The number of benzene rings is 2. The van der Waals surface area contributed by atoms with E-state index in [1.54, 1.807) is 43.3 Å². The third-order valence-electron chi connectivity index (χ3n) is 4.17. The molecule has 1 aliphatic heterocycles. The Kier molecular flexibility index (Phi) is 5.48. The van der Waals surface area contributed by atoms with E-state index in [4.69, 9.17) is 21.1 Å². The second kappa shape index (κ2) is 7.66. The van der Waals surface area contributed by atoms with Crippen LogP contribution in [0.4, 0.5) is 11.4 Å². The van der Waals surface area contributed by atoms with E-state index < -0.39 is 15.9 Å². The first-order valence-corrected chi connectivity index (χ1v) is 10.3. The van der Waals surface area contributed by atoms with Crippen LogP contribution in [0.2, 0.25) is 5.02 Å². The number of nitrogens with one attached hydrogen (secondary N) is 1. The van der Waals surface area contributed by atoms with E-state index in [0.717, 1.165) is 4.31 Å². The normalized spacial score (nSPS) is 12.7. The van der Waals surface area contributed by atoms with Crippen molar-refractivity contribution in [2.24, 2.45) is 0 Å². The second-order valence-corrected chi connectivity index (χ2v) is 8.49. The number of carbonyl (C=O) groups excluding carboxylic acids is 1. The molecule has 0 saturated heterocycles. The molecule has 1 heterocycles. The Labute approximate surface area is 162 Å². The Morgan fingerprint density at radius 2 is 1.96 bits per heavy atom. The predicted molar refractivity (Wildman–Crippen MR) is 104 cm³/mol. The molecule has 0 bridgehead atoms. The highest BCUT2D eigenvalue weighted by Crippen LogP contribution is 2.36. The van der Waals surface area contributed by atoms with Crippen molar-refractivity contribution in [3.05, 3.63) is 47.0 Å². The summed E-state index contributed by atoms with van der Waals surface area (Å²) < 4.78 is 36.7. The standard InChI is InChI=1S/C18H19ClN2O5S/c1-3-27(23,24)21(13-7-8-16-17(9-13)26-11-25-16)10-18(22)20-15-6-4-5-14(19)12(15)2/h4-9H,3,10-11H2,1-2H3,(H,20,22). The van der Waals surface area contributed by atoms with Gasteiger partial charge in [0.05, 0.1) is 11.4 Å². The summed E-state index contributed by atoms with van der Waals surface area (Å²) >= 11 is 6.06.